The van der Waals surface area contributed by atoms with Gasteiger partial charge in [-0.3, -0.25) is 4.98 Å². The lowest BCUT2D eigenvalue weighted by Gasteiger charge is -2.21. The Balaban J connectivity index is 1.69. The molecule has 1 aliphatic carbocycles. The number of pyridine rings is 1. The number of nitrogens with zero attached hydrogens (tertiary/aromatic N) is 2. The van der Waals surface area contributed by atoms with E-state index in [9.17, 15) is 4.79 Å². The summed E-state index contributed by atoms with van der Waals surface area (Å²) < 4.78 is 5.42. The predicted molar refractivity (Wildman–Crippen MR) is 75.3 cm³/mol. The summed E-state index contributed by atoms with van der Waals surface area (Å²) in [5.74, 6) is 0.581. The van der Waals surface area contributed by atoms with Crippen molar-refractivity contribution in [2.45, 2.75) is 25.4 Å². The number of amides is 1. The van der Waals surface area contributed by atoms with E-state index >= 15 is 0 Å². The van der Waals surface area contributed by atoms with Crippen LogP contribution < -0.4 is 4.74 Å². The molecule has 0 radical (unpaired) electrons. The highest BCUT2D eigenvalue weighted by Gasteiger charge is 2.33. The standard InChI is InChI=1S/C16H16N2O2/c19-16(20-15-4-2-1-3-5-15)18(14-6-7-14)12-13-8-10-17-11-9-13/h1-5,8-11,14H,6-7,12H2. The van der Waals surface area contributed by atoms with E-state index in [-0.39, 0.29) is 6.09 Å². The third kappa shape index (κ3) is 3.15. The number of carbonyl (C=O) groups is 1. The zero-order valence-corrected chi connectivity index (χ0v) is 11.1. The second kappa shape index (κ2) is 5.74. The van der Waals surface area contributed by atoms with E-state index in [2.05, 4.69) is 4.98 Å². The molecule has 2 aromatic rings. The molecule has 4 heteroatoms. The smallest absolute Gasteiger partial charge is 0.410 e. The number of benzene rings is 1. The first-order valence-corrected chi connectivity index (χ1v) is 6.75. The van der Waals surface area contributed by atoms with Crippen LogP contribution in [0.4, 0.5) is 4.79 Å². The largest absolute Gasteiger partial charge is 0.415 e. The first kappa shape index (κ1) is 12.7. The van der Waals surface area contributed by atoms with E-state index in [1.165, 1.54) is 0 Å². The van der Waals surface area contributed by atoms with Crippen molar-refractivity contribution in [1.82, 2.24) is 9.88 Å². The van der Waals surface area contributed by atoms with Crippen molar-refractivity contribution in [3.8, 4) is 5.75 Å². The molecule has 4 nitrogen and oxygen atoms in total. The molecule has 0 bridgehead atoms. The van der Waals surface area contributed by atoms with Gasteiger partial charge in [0, 0.05) is 25.0 Å². The quantitative estimate of drug-likeness (QED) is 0.854. The lowest BCUT2D eigenvalue weighted by Crippen LogP contribution is -2.34. The van der Waals surface area contributed by atoms with E-state index in [1.807, 2.05) is 30.3 Å². The number of carbonyl (C=O) groups excluding carboxylic acids is 1. The van der Waals surface area contributed by atoms with Gasteiger partial charge in [-0.15, -0.1) is 0 Å². The summed E-state index contributed by atoms with van der Waals surface area (Å²) in [6.07, 6.45) is 5.30. The van der Waals surface area contributed by atoms with Crippen LogP contribution in [0.15, 0.2) is 54.9 Å². The molecule has 0 atom stereocenters. The van der Waals surface area contributed by atoms with Gasteiger partial charge in [0.2, 0.25) is 0 Å². The maximum atomic E-state index is 12.3. The van der Waals surface area contributed by atoms with Gasteiger partial charge in [-0.2, -0.15) is 0 Å². The fourth-order valence-electron chi connectivity index (χ4n) is 2.06. The van der Waals surface area contributed by atoms with Gasteiger partial charge in [-0.25, -0.2) is 4.79 Å². The van der Waals surface area contributed by atoms with Crippen LogP contribution >= 0.6 is 0 Å². The van der Waals surface area contributed by atoms with Crippen LogP contribution in [0.1, 0.15) is 18.4 Å². The second-order valence-corrected chi connectivity index (χ2v) is 4.90. The molecule has 0 N–H and O–H groups in total. The highest BCUT2D eigenvalue weighted by molar-refractivity contribution is 5.71. The highest BCUT2D eigenvalue weighted by atomic mass is 16.6. The molecule has 1 aromatic heterocycles. The Kier molecular flexibility index (Phi) is 3.63. The van der Waals surface area contributed by atoms with Gasteiger partial charge in [0.1, 0.15) is 5.75 Å². The summed E-state index contributed by atoms with van der Waals surface area (Å²) in [5, 5.41) is 0. The molecule has 1 aliphatic rings. The topological polar surface area (TPSA) is 42.4 Å². The van der Waals surface area contributed by atoms with Crippen molar-refractivity contribution >= 4 is 6.09 Å². The minimum atomic E-state index is -0.282. The molecule has 0 spiro atoms. The van der Waals surface area contributed by atoms with E-state index in [0.29, 0.717) is 18.3 Å². The van der Waals surface area contributed by atoms with E-state index in [4.69, 9.17) is 4.74 Å². The summed E-state index contributed by atoms with van der Waals surface area (Å²) in [7, 11) is 0. The third-order valence-corrected chi connectivity index (χ3v) is 3.27. The molecular formula is C16H16N2O2. The molecule has 0 saturated heterocycles. The zero-order valence-electron chi connectivity index (χ0n) is 11.1. The Morgan fingerprint density at radius 3 is 2.50 bits per heavy atom. The lowest BCUT2D eigenvalue weighted by molar-refractivity contribution is 0.146. The molecule has 1 aromatic carbocycles. The van der Waals surface area contributed by atoms with Gasteiger partial charge in [-0.05, 0) is 42.7 Å². The highest BCUT2D eigenvalue weighted by Crippen LogP contribution is 2.29. The number of hydrogen-bond donors (Lipinski definition) is 0. The predicted octanol–water partition coefficient (Wildman–Crippen LogP) is 3.25. The number of para-hydroxylation sites is 1. The maximum absolute atomic E-state index is 12.3. The van der Waals surface area contributed by atoms with Crippen LogP contribution in [0.25, 0.3) is 0 Å². The van der Waals surface area contributed by atoms with Crippen LogP contribution in [0.5, 0.6) is 5.75 Å². The molecule has 0 aliphatic heterocycles. The zero-order chi connectivity index (χ0) is 13.8. The van der Waals surface area contributed by atoms with Crippen molar-refractivity contribution in [2.75, 3.05) is 0 Å². The Morgan fingerprint density at radius 1 is 1.15 bits per heavy atom. The minimum Gasteiger partial charge on any atom is -0.410 e. The average Bonchev–Trinajstić information content (AvgIpc) is 3.31. The van der Waals surface area contributed by atoms with Crippen LogP contribution in [0.3, 0.4) is 0 Å². The molecule has 102 valence electrons. The summed E-state index contributed by atoms with van der Waals surface area (Å²) in [6.45, 7) is 0.568. The van der Waals surface area contributed by atoms with Crippen LogP contribution in [0.2, 0.25) is 0 Å². The van der Waals surface area contributed by atoms with Gasteiger partial charge >= 0.3 is 6.09 Å². The van der Waals surface area contributed by atoms with Gasteiger partial charge in [-0.1, -0.05) is 18.2 Å². The fourth-order valence-corrected chi connectivity index (χ4v) is 2.06. The fraction of sp³-hybridized carbons (Fsp3) is 0.250. The minimum absolute atomic E-state index is 0.282. The maximum Gasteiger partial charge on any atom is 0.415 e. The lowest BCUT2D eigenvalue weighted by atomic mass is 10.2. The Labute approximate surface area is 118 Å². The molecule has 1 saturated carbocycles. The summed E-state index contributed by atoms with van der Waals surface area (Å²) >= 11 is 0. The Morgan fingerprint density at radius 2 is 1.85 bits per heavy atom. The molecular weight excluding hydrogens is 252 g/mol. The molecule has 3 rings (SSSR count). The van der Waals surface area contributed by atoms with Crippen molar-refractivity contribution in [1.29, 1.82) is 0 Å². The van der Waals surface area contributed by atoms with Crippen molar-refractivity contribution in [3.05, 3.63) is 60.4 Å². The SMILES string of the molecule is O=C(Oc1ccccc1)N(Cc1ccncc1)C1CC1. The normalized spacial score (nSPS) is 13.8. The summed E-state index contributed by atoms with van der Waals surface area (Å²) in [5.41, 5.74) is 1.07. The average molecular weight is 268 g/mol. The molecule has 20 heavy (non-hydrogen) atoms. The van der Waals surface area contributed by atoms with Crippen molar-refractivity contribution in [3.63, 3.8) is 0 Å². The molecule has 1 heterocycles. The van der Waals surface area contributed by atoms with Crippen LogP contribution in [0, 0.1) is 0 Å². The Hall–Kier alpha value is -2.36. The van der Waals surface area contributed by atoms with Gasteiger partial charge in [0.15, 0.2) is 0 Å². The van der Waals surface area contributed by atoms with E-state index in [0.717, 1.165) is 18.4 Å². The summed E-state index contributed by atoms with van der Waals surface area (Å²) in [6, 6.07) is 13.3. The molecule has 1 amide bonds. The third-order valence-electron chi connectivity index (χ3n) is 3.27. The van der Waals surface area contributed by atoms with Crippen molar-refractivity contribution < 1.29 is 9.53 Å². The van der Waals surface area contributed by atoms with E-state index < -0.39 is 0 Å². The molecule has 1 fully saturated rings. The first-order chi connectivity index (χ1) is 9.83. The second-order valence-electron chi connectivity index (χ2n) is 4.90. The van der Waals surface area contributed by atoms with Crippen molar-refractivity contribution in [2.24, 2.45) is 0 Å². The number of hydrogen-bond acceptors (Lipinski definition) is 3. The molecule has 0 unspecified atom stereocenters. The Bertz CT molecular complexity index is 568. The first-order valence-electron chi connectivity index (χ1n) is 6.75. The van der Waals surface area contributed by atoms with Crippen LogP contribution in [-0.2, 0) is 6.54 Å². The van der Waals surface area contributed by atoms with Gasteiger partial charge in [0.25, 0.3) is 0 Å². The summed E-state index contributed by atoms with van der Waals surface area (Å²) in [4.78, 5) is 18.1. The monoisotopic (exact) mass is 268 g/mol. The van der Waals surface area contributed by atoms with Crippen LogP contribution in [-0.4, -0.2) is 22.0 Å². The van der Waals surface area contributed by atoms with Gasteiger partial charge < -0.3 is 9.64 Å². The number of aromatic nitrogens is 1. The van der Waals surface area contributed by atoms with Gasteiger partial charge in [0.05, 0.1) is 0 Å². The number of ether oxygens (including phenoxy) is 1. The number of rotatable bonds is 4. The van der Waals surface area contributed by atoms with E-state index in [1.54, 1.807) is 29.4 Å².